The van der Waals surface area contributed by atoms with Crippen LogP contribution in [0.4, 0.5) is 9.52 Å². The van der Waals surface area contributed by atoms with Crippen molar-refractivity contribution >= 4 is 16.7 Å². The molecule has 2 rings (SSSR count). The maximum absolute atomic E-state index is 12.8. The SMILES string of the molecule is CN(CCN)c1nc(Cc2ccc(F)cc2)ns1. The van der Waals surface area contributed by atoms with Gasteiger partial charge >= 0.3 is 0 Å². The molecule has 2 N–H and O–H groups in total. The Bertz CT molecular complexity index is 497. The highest BCUT2D eigenvalue weighted by Crippen LogP contribution is 2.17. The Kier molecular flexibility index (Phi) is 4.22. The fourth-order valence-electron chi connectivity index (χ4n) is 1.55. The fraction of sp³-hybridized carbons (Fsp3) is 0.333. The number of halogens is 1. The van der Waals surface area contributed by atoms with Gasteiger partial charge in [0.1, 0.15) is 11.6 Å². The highest BCUT2D eigenvalue weighted by molar-refractivity contribution is 7.09. The zero-order chi connectivity index (χ0) is 13.0. The van der Waals surface area contributed by atoms with Gasteiger partial charge in [0.2, 0.25) is 5.13 Å². The second kappa shape index (κ2) is 5.88. The van der Waals surface area contributed by atoms with Crippen molar-refractivity contribution in [3.63, 3.8) is 0 Å². The zero-order valence-corrected chi connectivity index (χ0v) is 11.0. The Hall–Kier alpha value is -1.53. The maximum Gasteiger partial charge on any atom is 0.204 e. The van der Waals surface area contributed by atoms with E-state index in [1.165, 1.54) is 23.7 Å². The Labute approximate surface area is 109 Å². The minimum Gasteiger partial charge on any atom is -0.349 e. The molecule has 0 saturated heterocycles. The molecule has 96 valence electrons. The number of hydrogen-bond donors (Lipinski definition) is 1. The molecule has 1 aromatic carbocycles. The summed E-state index contributed by atoms with van der Waals surface area (Å²) < 4.78 is 17.1. The van der Waals surface area contributed by atoms with Crippen molar-refractivity contribution in [2.24, 2.45) is 5.73 Å². The predicted octanol–water partition coefficient (Wildman–Crippen LogP) is 1.66. The van der Waals surface area contributed by atoms with E-state index in [1.807, 2.05) is 11.9 Å². The predicted molar refractivity (Wildman–Crippen MR) is 71.4 cm³/mol. The van der Waals surface area contributed by atoms with Crippen LogP contribution in [0.5, 0.6) is 0 Å². The average Bonchev–Trinajstić information content (AvgIpc) is 2.81. The zero-order valence-electron chi connectivity index (χ0n) is 10.1. The third kappa shape index (κ3) is 3.24. The lowest BCUT2D eigenvalue weighted by Gasteiger charge is -2.12. The molecule has 4 nitrogen and oxygen atoms in total. The van der Waals surface area contributed by atoms with Gasteiger partial charge in [-0.15, -0.1) is 0 Å². The molecule has 0 atom stereocenters. The van der Waals surface area contributed by atoms with Gasteiger partial charge in [0.05, 0.1) is 0 Å². The molecule has 0 aliphatic heterocycles. The first kappa shape index (κ1) is 12.9. The Balaban J connectivity index is 2.04. The second-order valence-electron chi connectivity index (χ2n) is 4.01. The summed E-state index contributed by atoms with van der Waals surface area (Å²) in [5, 5.41) is 0.859. The molecule has 1 heterocycles. The third-order valence-corrected chi connectivity index (χ3v) is 3.39. The summed E-state index contributed by atoms with van der Waals surface area (Å²) in [5.74, 6) is 0.527. The molecule has 0 saturated carbocycles. The van der Waals surface area contributed by atoms with E-state index in [-0.39, 0.29) is 5.82 Å². The largest absolute Gasteiger partial charge is 0.349 e. The number of rotatable bonds is 5. The van der Waals surface area contributed by atoms with Crippen molar-refractivity contribution in [2.45, 2.75) is 6.42 Å². The summed E-state index contributed by atoms with van der Waals surface area (Å²) in [7, 11) is 1.94. The number of likely N-dealkylation sites (N-methyl/N-ethyl adjacent to an activating group) is 1. The number of nitrogens with zero attached hydrogens (tertiary/aromatic N) is 3. The maximum atomic E-state index is 12.8. The molecule has 1 aromatic heterocycles. The van der Waals surface area contributed by atoms with Crippen LogP contribution in [0.15, 0.2) is 24.3 Å². The van der Waals surface area contributed by atoms with Gasteiger partial charge in [0.25, 0.3) is 0 Å². The van der Waals surface area contributed by atoms with E-state index in [1.54, 1.807) is 12.1 Å². The highest BCUT2D eigenvalue weighted by atomic mass is 32.1. The molecule has 0 unspecified atom stereocenters. The molecular weight excluding hydrogens is 251 g/mol. The Morgan fingerprint density at radius 2 is 2.06 bits per heavy atom. The molecule has 0 spiro atoms. The normalized spacial score (nSPS) is 10.6. The van der Waals surface area contributed by atoms with Gasteiger partial charge in [-0.05, 0) is 17.7 Å². The molecule has 18 heavy (non-hydrogen) atoms. The molecule has 0 bridgehead atoms. The minimum absolute atomic E-state index is 0.228. The van der Waals surface area contributed by atoms with Gasteiger partial charge in [-0.25, -0.2) is 9.37 Å². The van der Waals surface area contributed by atoms with E-state index in [9.17, 15) is 4.39 Å². The molecule has 0 fully saturated rings. The number of benzene rings is 1. The first-order chi connectivity index (χ1) is 8.69. The number of hydrogen-bond acceptors (Lipinski definition) is 5. The van der Waals surface area contributed by atoms with Crippen LogP contribution in [-0.2, 0) is 6.42 Å². The van der Waals surface area contributed by atoms with E-state index in [0.717, 1.165) is 23.1 Å². The summed E-state index contributed by atoms with van der Waals surface area (Å²) in [5.41, 5.74) is 6.49. The lowest BCUT2D eigenvalue weighted by atomic mass is 10.1. The van der Waals surface area contributed by atoms with Crippen LogP contribution in [0.3, 0.4) is 0 Å². The monoisotopic (exact) mass is 266 g/mol. The van der Waals surface area contributed by atoms with Crippen LogP contribution in [-0.4, -0.2) is 29.5 Å². The second-order valence-corrected chi connectivity index (χ2v) is 4.74. The van der Waals surface area contributed by atoms with E-state index in [4.69, 9.17) is 5.73 Å². The summed E-state index contributed by atoms with van der Waals surface area (Å²) in [6.07, 6.45) is 0.618. The summed E-state index contributed by atoms with van der Waals surface area (Å²) in [6.45, 7) is 1.34. The van der Waals surface area contributed by atoms with Crippen molar-refractivity contribution < 1.29 is 4.39 Å². The topological polar surface area (TPSA) is 55.0 Å². The molecule has 0 aliphatic rings. The van der Waals surface area contributed by atoms with Crippen molar-refractivity contribution in [1.82, 2.24) is 9.36 Å². The first-order valence-corrected chi connectivity index (χ1v) is 6.44. The Morgan fingerprint density at radius 1 is 1.33 bits per heavy atom. The lowest BCUT2D eigenvalue weighted by molar-refractivity contribution is 0.627. The summed E-state index contributed by atoms with van der Waals surface area (Å²) in [6, 6.07) is 6.39. The van der Waals surface area contributed by atoms with E-state index >= 15 is 0 Å². The number of nitrogens with two attached hydrogens (primary N) is 1. The smallest absolute Gasteiger partial charge is 0.204 e. The first-order valence-electron chi connectivity index (χ1n) is 5.67. The summed E-state index contributed by atoms with van der Waals surface area (Å²) >= 11 is 1.36. The Morgan fingerprint density at radius 3 is 2.72 bits per heavy atom. The molecule has 6 heteroatoms. The van der Waals surface area contributed by atoms with Crippen LogP contribution in [0.25, 0.3) is 0 Å². The van der Waals surface area contributed by atoms with E-state index in [0.29, 0.717) is 13.0 Å². The average molecular weight is 266 g/mol. The van der Waals surface area contributed by atoms with Crippen molar-refractivity contribution in [3.8, 4) is 0 Å². The third-order valence-electron chi connectivity index (χ3n) is 2.52. The molecule has 2 aromatic rings. The van der Waals surface area contributed by atoms with Crippen LogP contribution in [0.2, 0.25) is 0 Å². The van der Waals surface area contributed by atoms with Crippen LogP contribution in [0.1, 0.15) is 11.4 Å². The van der Waals surface area contributed by atoms with Gasteiger partial charge in [0.15, 0.2) is 0 Å². The lowest BCUT2D eigenvalue weighted by Crippen LogP contribution is -2.24. The molecule has 0 radical (unpaired) electrons. The van der Waals surface area contributed by atoms with Crippen molar-refractivity contribution in [1.29, 1.82) is 0 Å². The van der Waals surface area contributed by atoms with Crippen molar-refractivity contribution in [2.75, 3.05) is 25.0 Å². The number of aromatic nitrogens is 2. The van der Waals surface area contributed by atoms with Crippen LogP contribution >= 0.6 is 11.5 Å². The van der Waals surface area contributed by atoms with Gasteiger partial charge in [0, 0.05) is 38.1 Å². The van der Waals surface area contributed by atoms with Gasteiger partial charge < -0.3 is 10.6 Å². The van der Waals surface area contributed by atoms with Gasteiger partial charge in [-0.2, -0.15) is 4.37 Å². The summed E-state index contributed by atoms with van der Waals surface area (Å²) in [4.78, 5) is 6.41. The van der Waals surface area contributed by atoms with E-state index < -0.39 is 0 Å². The highest BCUT2D eigenvalue weighted by Gasteiger charge is 2.08. The van der Waals surface area contributed by atoms with Crippen LogP contribution < -0.4 is 10.6 Å². The minimum atomic E-state index is -0.228. The molecular formula is C12H15FN4S. The van der Waals surface area contributed by atoms with Gasteiger partial charge in [-0.3, -0.25) is 0 Å². The number of anilines is 1. The quantitative estimate of drug-likeness (QED) is 0.894. The van der Waals surface area contributed by atoms with Crippen LogP contribution in [0, 0.1) is 5.82 Å². The fourth-order valence-corrected chi connectivity index (χ4v) is 2.21. The standard InChI is InChI=1S/C12H15FN4S/c1-17(7-6-14)12-15-11(16-18-12)8-9-2-4-10(13)5-3-9/h2-5H,6-8,14H2,1H3. The van der Waals surface area contributed by atoms with Gasteiger partial charge in [-0.1, -0.05) is 12.1 Å². The van der Waals surface area contributed by atoms with Crippen molar-refractivity contribution in [3.05, 3.63) is 41.5 Å². The molecule has 0 aliphatic carbocycles. The van der Waals surface area contributed by atoms with E-state index in [2.05, 4.69) is 9.36 Å². The molecule has 0 amide bonds.